The number of benzene rings is 1. The average Bonchev–Trinajstić information content (AvgIpc) is 3.07. The molecule has 1 aliphatic heterocycles. The normalized spacial score (nSPS) is 16.8. The summed E-state index contributed by atoms with van der Waals surface area (Å²) < 4.78 is 25.4. The second kappa shape index (κ2) is 6.96. The first-order valence-electron chi connectivity index (χ1n) is 8.41. The van der Waals surface area contributed by atoms with Crippen LogP contribution >= 0.6 is 11.3 Å². The van der Waals surface area contributed by atoms with Crippen molar-refractivity contribution in [2.45, 2.75) is 39.7 Å². The summed E-state index contributed by atoms with van der Waals surface area (Å²) in [6, 6.07) is 4.93. The zero-order chi connectivity index (χ0) is 19.1. The summed E-state index contributed by atoms with van der Waals surface area (Å²) >= 11 is 1.37. The lowest BCUT2D eigenvalue weighted by Gasteiger charge is -2.21. The number of carbonyl (C=O) groups is 1. The van der Waals surface area contributed by atoms with Gasteiger partial charge in [0, 0.05) is 18.0 Å². The maximum atomic E-state index is 12.5. The highest BCUT2D eigenvalue weighted by Gasteiger charge is 2.32. The molecule has 0 bridgehead atoms. The van der Waals surface area contributed by atoms with Gasteiger partial charge in [-0.2, -0.15) is 0 Å². The molecule has 26 heavy (non-hydrogen) atoms. The monoisotopic (exact) mass is 394 g/mol. The fraction of sp³-hybridized carbons (Fsp3) is 0.471. The van der Waals surface area contributed by atoms with Crippen molar-refractivity contribution in [3.8, 4) is 0 Å². The fourth-order valence-corrected chi connectivity index (χ4v) is 5.37. The average molecular weight is 395 g/mol. The summed E-state index contributed by atoms with van der Waals surface area (Å²) in [5.74, 6) is 0.202. The highest BCUT2D eigenvalue weighted by molar-refractivity contribution is 7.92. The molecule has 2 heterocycles. The Kier molecular flexibility index (Phi) is 5.03. The van der Waals surface area contributed by atoms with E-state index in [1.165, 1.54) is 21.9 Å². The number of nitrogens with zero attached hydrogens (tertiary/aromatic N) is 3. The van der Waals surface area contributed by atoms with Gasteiger partial charge in [-0.25, -0.2) is 8.42 Å². The predicted octanol–water partition coefficient (Wildman–Crippen LogP) is 2.70. The Hall–Kier alpha value is -2.00. The van der Waals surface area contributed by atoms with Crippen molar-refractivity contribution in [3.63, 3.8) is 0 Å². The summed E-state index contributed by atoms with van der Waals surface area (Å²) in [5, 5.41) is 12.2. The lowest BCUT2D eigenvalue weighted by molar-refractivity contribution is 0.102. The van der Waals surface area contributed by atoms with Gasteiger partial charge in [-0.3, -0.25) is 14.4 Å². The number of amides is 1. The molecule has 0 saturated heterocycles. The molecule has 1 amide bonds. The summed E-state index contributed by atoms with van der Waals surface area (Å²) in [6.07, 6.45) is 2.61. The molecule has 1 aromatic carbocycles. The third kappa shape index (κ3) is 3.88. The van der Waals surface area contributed by atoms with Crippen LogP contribution in [0, 0.1) is 5.92 Å². The van der Waals surface area contributed by atoms with Crippen LogP contribution in [0.5, 0.6) is 0 Å². The molecule has 7 nitrogen and oxygen atoms in total. The van der Waals surface area contributed by atoms with E-state index in [1.807, 2.05) is 6.92 Å². The number of carbonyl (C=O) groups excluding carboxylic acids is 1. The number of nitrogens with one attached hydrogen (secondary N) is 1. The molecular formula is C17H22N4O3S2. The molecule has 2 aromatic rings. The summed E-state index contributed by atoms with van der Waals surface area (Å²) in [5.41, 5.74) is 1.98. The van der Waals surface area contributed by atoms with E-state index in [-0.39, 0.29) is 11.9 Å². The number of hydrogen-bond donors (Lipinski definition) is 1. The Labute approximate surface area is 157 Å². The van der Waals surface area contributed by atoms with E-state index in [0.29, 0.717) is 28.7 Å². The topological polar surface area (TPSA) is 92.3 Å². The first-order valence-corrected chi connectivity index (χ1v) is 11.1. The zero-order valence-electron chi connectivity index (χ0n) is 15.2. The first kappa shape index (κ1) is 18.8. The second-order valence-electron chi connectivity index (χ2n) is 7.01. The van der Waals surface area contributed by atoms with Gasteiger partial charge in [0.1, 0.15) is 5.01 Å². The van der Waals surface area contributed by atoms with Crippen LogP contribution in [0.15, 0.2) is 18.2 Å². The Morgan fingerprint density at radius 3 is 2.77 bits per heavy atom. The smallest absolute Gasteiger partial charge is 0.257 e. The van der Waals surface area contributed by atoms with Gasteiger partial charge in [-0.15, -0.1) is 10.2 Å². The largest absolute Gasteiger partial charge is 0.296 e. The third-order valence-electron chi connectivity index (χ3n) is 4.12. The Bertz CT molecular complexity index is 937. The molecule has 1 aliphatic rings. The summed E-state index contributed by atoms with van der Waals surface area (Å²) in [6.45, 7) is 6.06. The van der Waals surface area contributed by atoms with Crippen molar-refractivity contribution in [1.29, 1.82) is 0 Å². The van der Waals surface area contributed by atoms with Gasteiger partial charge >= 0.3 is 0 Å². The van der Waals surface area contributed by atoms with E-state index in [0.717, 1.165) is 17.0 Å². The number of sulfonamides is 1. The summed E-state index contributed by atoms with van der Waals surface area (Å²) in [4.78, 5) is 12.5. The van der Waals surface area contributed by atoms with E-state index in [4.69, 9.17) is 0 Å². The van der Waals surface area contributed by atoms with Crippen LogP contribution in [0.25, 0.3) is 0 Å². The molecule has 0 radical (unpaired) electrons. The number of hydrogen-bond acceptors (Lipinski definition) is 6. The van der Waals surface area contributed by atoms with Crippen LogP contribution in [0.2, 0.25) is 0 Å². The van der Waals surface area contributed by atoms with Gasteiger partial charge in [0.2, 0.25) is 15.2 Å². The molecular weight excluding hydrogens is 372 g/mol. The highest BCUT2D eigenvalue weighted by atomic mass is 32.2. The third-order valence-corrected chi connectivity index (χ3v) is 6.25. The van der Waals surface area contributed by atoms with E-state index < -0.39 is 10.0 Å². The van der Waals surface area contributed by atoms with Crippen LogP contribution in [-0.4, -0.2) is 36.8 Å². The molecule has 0 spiro atoms. The summed E-state index contributed by atoms with van der Waals surface area (Å²) in [7, 11) is -3.34. The van der Waals surface area contributed by atoms with E-state index in [9.17, 15) is 13.2 Å². The van der Waals surface area contributed by atoms with Gasteiger partial charge in [0.05, 0.1) is 11.9 Å². The Morgan fingerprint density at radius 2 is 2.12 bits per heavy atom. The van der Waals surface area contributed by atoms with Crippen LogP contribution in [0.3, 0.4) is 0 Å². The number of rotatable bonds is 5. The molecule has 1 aromatic heterocycles. The molecule has 1 atom stereocenters. The quantitative estimate of drug-likeness (QED) is 0.842. The fourth-order valence-electron chi connectivity index (χ4n) is 3.15. The van der Waals surface area contributed by atoms with Gasteiger partial charge in [0.15, 0.2) is 0 Å². The van der Waals surface area contributed by atoms with E-state index in [1.54, 1.807) is 18.2 Å². The predicted molar refractivity (Wildman–Crippen MR) is 103 cm³/mol. The molecule has 0 unspecified atom stereocenters. The van der Waals surface area contributed by atoms with Gasteiger partial charge in [-0.1, -0.05) is 25.2 Å². The minimum absolute atomic E-state index is 0.153. The molecule has 9 heteroatoms. The molecule has 0 aliphatic carbocycles. The lowest BCUT2D eigenvalue weighted by atomic mass is 10.1. The van der Waals surface area contributed by atoms with Gasteiger partial charge in [0.25, 0.3) is 5.91 Å². The number of anilines is 2. The molecule has 1 N–H and O–H groups in total. The molecule has 140 valence electrons. The molecule has 0 fully saturated rings. The van der Waals surface area contributed by atoms with Gasteiger partial charge < -0.3 is 0 Å². The van der Waals surface area contributed by atoms with Crippen LogP contribution in [0.4, 0.5) is 10.8 Å². The highest BCUT2D eigenvalue weighted by Crippen LogP contribution is 2.34. The Morgan fingerprint density at radius 1 is 1.38 bits per heavy atom. The van der Waals surface area contributed by atoms with Crippen molar-refractivity contribution in [2.24, 2.45) is 5.92 Å². The minimum atomic E-state index is -3.34. The Balaban J connectivity index is 1.78. The zero-order valence-corrected chi connectivity index (χ0v) is 16.8. The van der Waals surface area contributed by atoms with Crippen molar-refractivity contribution in [1.82, 2.24) is 10.2 Å². The van der Waals surface area contributed by atoms with Crippen molar-refractivity contribution >= 4 is 38.1 Å². The van der Waals surface area contributed by atoms with Crippen molar-refractivity contribution < 1.29 is 13.2 Å². The van der Waals surface area contributed by atoms with Crippen molar-refractivity contribution in [2.75, 3.05) is 15.9 Å². The first-order chi connectivity index (χ1) is 12.1. The minimum Gasteiger partial charge on any atom is -0.296 e. The maximum Gasteiger partial charge on any atom is 0.257 e. The SMILES string of the molecule is CC(C)Cc1nnc(NC(=O)c2ccc3c(c2)C[C@@H](C)N3S(C)(=O)=O)s1. The van der Waals surface area contributed by atoms with E-state index in [2.05, 4.69) is 29.4 Å². The molecule has 3 rings (SSSR count). The van der Waals surface area contributed by atoms with Gasteiger partial charge in [-0.05, 0) is 43.0 Å². The lowest BCUT2D eigenvalue weighted by Crippen LogP contribution is -2.34. The maximum absolute atomic E-state index is 12.5. The molecule has 0 saturated carbocycles. The number of fused-ring (bicyclic) bond motifs is 1. The second-order valence-corrected chi connectivity index (χ2v) is 9.93. The van der Waals surface area contributed by atoms with Crippen LogP contribution < -0.4 is 9.62 Å². The standard InChI is InChI=1S/C17H22N4O3S2/c1-10(2)7-15-19-20-17(25-15)18-16(22)12-5-6-14-13(9-12)8-11(3)21(14)26(4,23)24/h5-6,9-11H,7-8H2,1-4H3,(H,18,20,22)/t11-/m1/s1. The van der Waals surface area contributed by atoms with E-state index >= 15 is 0 Å². The van der Waals surface area contributed by atoms with Crippen molar-refractivity contribution in [3.05, 3.63) is 34.3 Å². The number of aromatic nitrogens is 2. The van der Waals surface area contributed by atoms with Crippen LogP contribution in [-0.2, 0) is 22.9 Å². The van der Waals surface area contributed by atoms with Crippen LogP contribution in [0.1, 0.15) is 41.7 Å².